The minimum absolute atomic E-state index is 0.785. The molecule has 1 aromatic rings. The maximum absolute atomic E-state index is 3.22. The molecular formula is C15H27N3S. The van der Waals surface area contributed by atoms with Gasteiger partial charge in [-0.15, -0.1) is 11.3 Å². The van der Waals surface area contributed by atoms with E-state index < -0.39 is 0 Å². The Kier molecular flexibility index (Phi) is 5.82. The van der Waals surface area contributed by atoms with Crippen LogP contribution >= 0.6 is 11.3 Å². The minimum Gasteiger partial charge on any atom is -0.315 e. The Morgan fingerprint density at radius 1 is 1.11 bits per heavy atom. The predicted molar refractivity (Wildman–Crippen MR) is 83.6 cm³/mol. The summed E-state index contributed by atoms with van der Waals surface area (Å²) < 4.78 is 0. The number of hydrogen-bond acceptors (Lipinski definition) is 4. The first-order valence-electron chi connectivity index (χ1n) is 7.34. The van der Waals surface area contributed by atoms with E-state index in [0.717, 1.165) is 19.0 Å². The molecule has 1 aliphatic heterocycles. The molecule has 1 aromatic heterocycles. The molecule has 1 N–H and O–H groups in total. The van der Waals surface area contributed by atoms with Crippen molar-refractivity contribution < 1.29 is 0 Å². The highest BCUT2D eigenvalue weighted by atomic mass is 32.1. The molecular weight excluding hydrogens is 254 g/mol. The molecule has 0 aliphatic carbocycles. The molecule has 0 atom stereocenters. The summed E-state index contributed by atoms with van der Waals surface area (Å²) in [6.07, 6.45) is 0. The summed E-state index contributed by atoms with van der Waals surface area (Å²) in [7, 11) is 2.01. The Hall–Kier alpha value is -0.420. The zero-order chi connectivity index (χ0) is 13.7. The maximum atomic E-state index is 3.22. The van der Waals surface area contributed by atoms with Crippen LogP contribution in [0.25, 0.3) is 0 Å². The minimum atomic E-state index is 0.785. The molecule has 4 heteroatoms. The molecule has 1 fully saturated rings. The molecule has 0 bridgehead atoms. The van der Waals surface area contributed by atoms with Crippen molar-refractivity contribution in [3.63, 3.8) is 0 Å². The van der Waals surface area contributed by atoms with Crippen molar-refractivity contribution in [2.75, 3.05) is 39.8 Å². The smallest absolute Gasteiger partial charge is 0.0329 e. The maximum Gasteiger partial charge on any atom is 0.0329 e. The largest absolute Gasteiger partial charge is 0.315 e. The average molecular weight is 281 g/mol. The van der Waals surface area contributed by atoms with Crippen molar-refractivity contribution in [3.8, 4) is 0 Å². The molecule has 0 aromatic carbocycles. The molecule has 0 spiro atoms. The van der Waals surface area contributed by atoms with Gasteiger partial charge in [-0.05, 0) is 25.1 Å². The van der Waals surface area contributed by atoms with E-state index in [0.29, 0.717) is 0 Å². The Labute approximate surface area is 121 Å². The Balaban J connectivity index is 1.75. The lowest BCUT2D eigenvalue weighted by Crippen LogP contribution is -2.46. The quantitative estimate of drug-likeness (QED) is 0.863. The number of nitrogens with one attached hydrogen (secondary N) is 1. The zero-order valence-corrected chi connectivity index (χ0v) is 13.3. The van der Waals surface area contributed by atoms with Crippen LogP contribution in [0.5, 0.6) is 0 Å². The fourth-order valence-electron chi connectivity index (χ4n) is 2.64. The topological polar surface area (TPSA) is 18.5 Å². The van der Waals surface area contributed by atoms with Crippen LogP contribution in [0.2, 0.25) is 0 Å². The molecule has 0 radical (unpaired) electrons. The van der Waals surface area contributed by atoms with Crippen LogP contribution in [0.3, 0.4) is 0 Å². The number of hydrogen-bond donors (Lipinski definition) is 1. The SMILES string of the molecule is CNCc1ccc(CN2CCN(CC(C)C)CC2)s1. The summed E-state index contributed by atoms with van der Waals surface area (Å²) in [5.41, 5.74) is 0. The van der Waals surface area contributed by atoms with E-state index in [4.69, 9.17) is 0 Å². The van der Waals surface area contributed by atoms with E-state index in [2.05, 4.69) is 41.1 Å². The van der Waals surface area contributed by atoms with Gasteiger partial charge in [0, 0.05) is 55.6 Å². The van der Waals surface area contributed by atoms with Gasteiger partial charge in [-0.3, -0.25) is 4.90 Å². The number of piperazine rings is 1. The van der Waals surface area contributed by atoms with Crippen LogP contribution in [0.15, 0.2) is 12.1 Å². The summed E-state index contributed by atoms with van der Waals surface area (Å²) in [6.45, 7) is 12.9. The van der Waals surface area contributed by atoms with Gasteiger partial charge >= 0.3 is 0 Å². The lowest BCUT2D eigenvalue weighted by atomic mass is 10.2. The molecule has 1 aliphatic rings. The monoisotopic (exact) mass is 281 g/mol. The third-order valence-corrected chi connectivity index (χ3v) is 4.61. The van der Waals surface area contributed by atoms with Crippen molar-refractivity contribution in [1.82, 2.24) is 15.1 Å². The second-order valence-corrected chi connectivity index (χ2v) is 7.12. The molecule has 1 saturated heterocycles. The van der Waals surface area contributed by atoms with Gasteiger partial charge in [-0.1, -0.05) is 13.8 Å². The standard InChI is InChI=1S/C15H27N3S/c1-13(2)11-17-6-8-18(9-7-17)12-15-5-4-14(19-15)10-16-3/h4-5,13,16H,6-12H2,1-3H3. The first-order chi connectivity index (χ1) is 9.17. The highest BCUT2D eigenvalue weighted by Crippen LogP contribution is 2.19. The number of thiophene rings is 1. The number of nitrogens with zero attached hydrogens (tertiary/aromatic N) is 2. The van der Waals surface area contributed by atoms with E-state index in [9.17, 15) is 0 Å². The predicted octanol–water partition coefficient (Wildman–Crippen LogP) is 2.24. The van der Waals surface area contributed by atoms with E-state index in [1.165, 1.54) is 42.5 Å². The lowest BCUT2D eigenvalue weighted by molar-refractivity contribution is 0.118. The average Bonchev–Trinajstić information content (AvgIpc) is 2.79. The van der Waals surface area contributed by atoms with Crippen LogP contribution in [-0.2, 0) is 13.1 Å². The Morgan fingerprint density at radius 3 is 2.37 bits per heavy atom. The van der Waals surface area contributed by atoms with Gasteiger partial charge in [0.15, 0.2) is 0 Å². The Bertz CT molecular complexity index is 367. The van der Waals surface area contributed by atoms with Gasteiger partial charge < -0.3 is 10.2 Å². The van der Waals surface area contributed by atoms with E-state index in [1.807, 2.05) is 18.4 Å². The highest BCUT2D eigenvalue weighted by Gasteiger charge is 2.17. The molecule has 19 heavy (non-hydrogen) atoms. The molecule has 0 saturated carbocycles. The van der Waals surface area contributed by atoms with Crippen molar-refractivity contribution in [2.45, 2.75) is 26.9 Å². The van der Waals surface area contributed by atoms with Gasteiger partial charge in [0.1, 0.15) is 0 Å². The second-order valence-electron chi connectivity index (χ2n) is 5.87. The molecule has 0 amide bonds. The normalized spacial score (nSPS) is 18.3. The van der Waals surface area contributed by atoms with Crippen LogP contribution < -0.4 is 5.32 Å². The number of rotatable bonds is 6. The van der Waals surface area contributed by atoms with Gasteiger partial charge in [0.05, 0.1) is 0 Å². The van der Waals surface area contributed by atoms with E-state index in [-0.39, 0.29) is 0 Å². The van der Waals surface area contributed by atoms with Gasteiger partial charge in [0.2, 0.25) is 0 Å². The molecule has 2 rings (SSSR count). The van der Waals surface area contributed by atoms with Crippen molar-refractivity contribution in [1.29, 1.82) is 0 Å². The fraction of sp³-hybridized carbons (Fsp3) is 0.733. The lowest BCUT2D eigenvalue weighted by Gasteiger charge is -2.35. The molecule has 2 heterocycles. The first-order valence-corrected chi connectivity index (χ1v) is 8.16. The van der Waals surface area contributed by atoms with E-state index in [1.54, 1.807) is 0 Å². The molecule has 0 unspecified atom stereocenters. The molecule has 3 nitrogen and oxygen atoms in total. The summed E-state index contributed by atoms with van der Waals surface area (Å²) >= 11 is 1.94. The van der Waals surface area contributed by atoms with Crippen molar-refractivity contribution >= 4 is 11.3 Å². The van der Waals surface area contributed by atoms with Crippen molar-refractivity contribution in [2.24, 2.45) is 5.92 Å². The zero-order valence-electron chi connectivity index (χ0n) is 12.5. The summed E-state index contributed by atoms with van der Waals surface area (Å²) in [6, 6.07) is 4.54. The van der Waals surface area contributed by atoms with E-state index >= 15 is 0 Å². The summed E-state index contributed by atoms with van der Waals surface area (Å²) in [5.74, 6) is 0.785. The second kappa shape index (κ2) is 7.39. The van der Waals surface area contributed by atoms with Gasteiger partial charge in [-0.25, -0.2) is 0 Å². The van der Waals surface area contributed by atoms with Crippen LogP contribution in [0, 0.1) is 5.92 Å². The van der Waals surface area contributed by atoms with Crippen LogP contribution in [-0.4, -0.2) is 49.6 Å². The third kappa shape index (κ3) is 4.88. The summed E-state index contributed by atoms with van der Waals surface area (Å²) in [5, 5.41) is 3.22. The molecule has 108 valence electrons. The fourth-order valence-corrected chi connectivity index (χ4v) is 3.72. The van der Waals surface area contributed by atoms with Crippen LogP contribution in [0.1, 0.15) is 23.6 Å². The third-order valence-electron chi connectivity index (χ3n) is 3.54. The van der Waals surface area contributed by atoms with Gasteiger partial charge in [0.25, 0.3) is 0 Å². The summed E-state index contributed by atoms with van der Waals surface area (Å²) in [4.78, 5) is 8.13. The van der Waals surface area contributed by atoms with Crippen molar-refractivity contribution in [3.05, 3.63) is 21.9 Å². The van der Waals surface area contributed by atoms with Crippen LogP contribution in [0.4, 0.5) is 0 Å². The first kappa shape index (κ1) is 15.0. The highest BCUT2D eigenvalue weighted by molar-refractivity contribution is 7.11. The van der Waals surface area contributed by atoms with Gasteiger partial charge in [-0.2, -0.15) is 0 Å². The Morgan fingerprint density at radius 2 is 1.74 bits per heavy atom.